The van der Waals surface area contributed by atoms with E-state index in [0.29, 0.717) is 0 Å². The van der Waals surface area contributed by atoms with Crippen LogP contribution >= 0.6 is 34.7 Å². The second-order valence-corrected chi connectivity index (χ2v) is 17.3. The van der Waals surface area contributed by atoms with Crippen LogP contribution in [0.5, 0.6) is 0 Å². The van der Waals surface area contributed by atoms with Crippen LogP contribution < -0.4 is 9.47 Å². The van der Waals surface area contributed by atoms with E-state index in [2.05, 4.69) is 116 Å². The number of benzene rings is 4. The molecule has 1 aliphatic carbocycles. The van der Waals surface area contributed by atoms with Crippen molar-refractivity contribution in [3.05, 3.63) is 135 Å². The number of aromatic nitrogens is 1. The monoisotopic (exact) mass is 740 g/mol. The fourth-order valence-corrected chi connectivity index (χ4v) is 9.75. The molecule has 50 heavy (non-hydrogen) atoms. The number of halogens is 1. The predicted molar refractivity (Wildman–Crippen MR) is 211 cm³/mol. The maximum Gasteiger partial charge on any atom is 0.262 e. The van der Waals surface area contributed by atoms with E-state index in [4.69, 9.17) is 11.6 Å². The number of hydrogen-bond acceptors (Lipinski definition) is 6. The van der Waals surface area contributed by atoms with Crippen LogP contribution in [0.3, 0.4) is 0 Å². The molecule has 258 valence electrons. The van der Waals surface area contributed by atoms with E-state index < -0.39 is 10.1 Å². The van der Waals surface area contributed by atoms with Crippen LogP contribution in [-0.2, 0) is 16.7 Å². The largest absolute Gasteiger partial charge is 0.744 e. The Morgan fingerprint density at radius 2 is 1.76 bits per heavy atom. The number of fused-ring (bicyclic) bond motifs is 4. The van der Waals surface area contributed by atoms with Gasteiger partial charge in [0.25, 0.3) is 5.01 Å². The molecule has 4 aromatic carbocycles. The topological polar surface area (TPSA) is 64.3 Å². The van der Waals surface area contributed by atoms with Crippen LogP contribution in [-0.4, -0.2) is 19.5 Å². The first-order valence-corrected chi connectivity index (χ1v) is 20.2. The number of thiazole rings is 1. The van der Waals surface area contributed by atoms with Crippen LogP contribution in [0.25, 0.3) is 27.1 Å². The highest BCUT2D eigenvalue weighted by molar-refractivity contribution is 8.03. The van der Waals surface area contributed by atoms with Crippen molar-refractivity contribution >= 4 is 77.6 Å². The third kappa shape index (κ3) is 8.11. The van der Waals surface area contributed by atoms with Crippen LogP contribution in [0.2, 0.25) is 5.02 Å². The van der Waals surface area contributed by atoms with E-state index in [9.17, 15) is 13.0 Å². The van der Waals surface area contributed by atoms with Gasteiger partial charge < -0.3 is 9.45 Å². The molecule has 5 nitrogen and oxygen atoms in total. The van der Waals surface area contributed by atoms with Crippen molar-refractivity contribution < 1.29 is 17.5 Å². The number of thioether (sulfide) groups is 1. The van der Waals surface area contributed by atoms with E-state index in [0.717, 1.165) is 36.5 Å². The molecule has 0 radical (unpaired) electrons. The van der Waals surface area contributed by atoms with Crippen LogP contribution in [0.15, 0.2) is 129 Å². The summed E-state index contributed by atoms with van der Waals surface area (Å²) in [6.07, 6.45) is 13.8. The van der Waals surface area contributed by atoms with Gasteiger partial charge in [-0.25, -0.2) is 8.42 Å². The first-order chi connectivity index (χ1) is 23.8. The van der Waals surface area contributed by atoms with Gasteiger partial charge in [-0.05, 0) is 104 Å². The molecule has 0 spiro atoms. The Morgan fingerprint density at radius 1 is 1.00 bits per heavy atom. The maximum absolute atomic E-state index is 10.4. The van der Waals surface area contributed by atoms with Crippen molar-refractivity contribution in [2.45, 2.75) is 63.8 Å². The summed E-state index contributed by atoms with van der Waals surface area (Å²) in [4.78, 5) is 3.46. The molecule has 9 heteroatoms. The average molecular weight is 741 g/mol. The number of nitrogens with zero attached hydrogens (tertiary/aromatic N) is 2. The second kappa shape index (κ2) is 14.9. The van der Waals surface area contributed by atoms with Crippen molar-refractivity contribution in [3.8, 4) is 0 Å². The molecule has 2 aliphatic rings. The molecule has 7 rings (SSSR count). The lowest BCUT2D eigenvalue weighted by atomic mass is 9.75. The fourth-order valence-electron chi connectivity index (χ4n) is 6.65. The predicted octanol–water partition coefficient (Wildman–Crippen LogP) is 11.1. The first kappa shape index (κ1) is 36.1. The SMILES string of the molecule is CCN1/C(=C\C2=CC(=C/C=C/c3sc4ccc5ccccc5c4[n+]3CC)/CC(C)(C)C2)Sc2cc(Cl)ccc21.Cc1ccc(S(=O)(=O)[O-])cc1. The Hall–Kier alpha value is -3.66. The van der Waals surface area contributed by atoms with E-state index in [1.54, 1.807) is 12.1 Å². The highest BCUT2D eigenvalue weighted by Gasteiger charge is 2.28. The van der Waals surface area contributed by atoms with Crippen LogP contribution in [0, 0.1) is 12.3 Å². The average Bonchev–Trinajstić information content (AvgIpc) is 3.60. The smallest absolute Gasteiger partial charge is 0.262 e. The molecule has 0 saturated carbocycles. The molecule has 0 bridgehead atoms. The standard InChI is InChI=1S/C34H34ClN2S2.C7H8O3S/c1-5-36-28-16-15-26(35)20-30(28)39-32(36)19-24-18-23(21-34(3,4)22-24)10-9-13-31-37(6-2)33-27-12-8-7-11-25(27)14-17-29(33)38-31;1-6-2-4-7(5-3-6)11(8,9)10/h7-20H,5-6,21-22H2,1-4H3;2-5H,1H3,(H,8,9,10)/q+1;/p-1. The van der Waals surface area contributed by atoms with E-state index in [1.165, 1.54) is 64.9 Å². The second-order valence-electron chi connectivity index (χ2n) is 13.4. The van der Waals surface area contributed by atoms with E-state index in [1.807, 2.05) is 36.1 Å². The Bertz CT molecular complexity index is 2300. The Kier molecular flexibility index (Phi) is 10.8. The summed E-state index contributed by atoms with van der Waals surface area (Å²) in [6, 6.07) is 25.2. The van der Waals surface area contributed by atoms with Gasteiger partial charge in [0.15, 0.2) is 0 Å². The molecule has 5 aromatic rings. The lowest BCUT2D eigenvalue weighted by Crippen LogP contribution is -2.33. The first-order valence-electron chi connectivity index (χ1n) is 16.8. The Balaban J connectivity index is 0.000000336. The van der Waals surface area contributed by atoms with Crippen molar-refractivity contribution in [1.82, 2.24) is 0 Å². The third-order valence-electron chi connectivity index (χ3n) is 8.84. The van der Waals surface area contributed by atoms with Gasteiger partial charge in [0.05, 0.1) is 21.0 Å². The zero-order chi connectivity index (χ0) is 35.6. The summed E-state index contributed by atoms with van der Waals surface area (Å²) in [5.74, 6) is 0. The van der Waals surface area contributed by atoms with Crippen molar-refractivity contribution in [2.75, 3.05) is 11.4 Å². The molecule has 0 atom stereocenters. The van der Waals surface area contributed by atoms with E-state index >= 15 is 0 Å². The molecule has 2 heterocycles. The molecule has 0 N–H and O–H groups in total. The zero-order valence-corrected chi connectivity index (χ0v) is 32.1. The van der Waals surface area contributed by atoms with Gasteiger partial charge in [-0.2, -0.15) is 4.57 Å². The minimum atomic E-state index is -4.27. The van der Waals surface area contributed by atoms with Gasteiger partial charge in [0, 0.05) is 22.5 Å². The number of allylic oxidation sites excluding steroid dienone is 6. The highest BCUT2D eigenvalue weighted by Crippen LogP contribution is 2.48. The van der Waals surface area contributed by atoms with Gasteiger partial charge in [-0.3, -0.25) is 0 Å². The lowest BCUT2D eigenvalue weighted by molar-refractivity contribution is -0.664. The van der Waals surface area contributed by atoms with Crippen LogP contribution in [0.4, 0.5) is 5.69 Å². The van der Waals surface area contributed by atoms with Gasteiger partial charge in [-0.15, -0.1) is 0 Å². The highest BCUT2D eigenvalue weighted by atomic mass is 35.5. The summed E-state index contributed by atoms with van der Waals surface area (Å²) in [7, 11) is -4.27. The molecular weight excluding hydrogens is 700 g/mol. The number of hydrogen-bond donors (Lipinski definition) is 0. The molecule has 1 aliphatic heterocycles. The molecule has 0 unspecified atom stereocenters. The number of aryl methyl sites for hydroxylation is 2. The van der Waals surface area contributed by atoms with Gasteiger partial charge >= 0.3 is 0 Å². The molecule has 0 fully saturated rings. The summed E-state index contributed by atoms with van der Waals surface area (Å²) >= 11 is 9.99. The normalized spacial score (nSPS) is 17.4. The summed E-state index contributed by atoms with van der Waals surface area (Å²) in [5.41, 5.74) is 6.53. The van der Waals surface area contributed by atoms with Gasteiger partial charge in [0.2, 0.25) is 5.52 Å². The molecule has 1 aromatic heterocycles. The quantitative estimate of drug-likeness (QED) is 0.128. The maximum atomic E-state index is 10.4. The third-order valence-corrected chi connectivity index (χ3v) is 12.1. The van der Waals surface area contributed by atoms with Gasteiger partial charge in [0.1, 0.15) is 21.4 Å². The fraction of sp³-hybridized carbons (Fsp3) is 0.244. The Morgan fingerprint density at radius 3 is 2.48 bits per heavy atom. The minimum absolute atomic E-state index is 0.178. The Labute approximate surface area is 309 Å². The molecule has 0 amide bonds. The number of anilines is 1. The summed E-state index contributed by atoms with van der Waals surface area (Å²) in [5, 5.41) is 6.00. The van der Waals surface area contributed by atoms with Crippen LogP contribution in [0.1, 0.15) is 51.1 Å². The lowest BCUT2D eigenvalue weighted by Gasteiger charge is -2.31. The van der Waals surface area contributed by atoms with Crippen molar-refractivity contribution in [3.63, 3.8) is 0 Å². The van der Waals surface area contributed by atoms with E-state index in [-0.39, 0.29) is 10.3 Å². The molecule has 0 saturated heterocycles. The molecular formula is C41H41ClN2O3S3. The minimum Gasteiger partial charge on any atom is -0.744 e. The zero-order valence-electron chi connectivity index (χ0n) is 28.9. The van der Waals surface area contributed by atoms with Crippen molar-refractivity contribution in [1.29, 1.82) is 0 Å². The summed E-state index contributed by atoms with van der Waals surface area (Å²) < 4.78 is 35.0. The summed E-state index contributed by atoms with van der Waals surface area (Å²) in [6.45, 7) is 12.9. The van der Waals surface area contributed by atoms with Gasteiger partial charge in [-0.1, -0.05) is 109 Å². The number of rotatable bonds is 6. The van der Waals surface area contributed by atoms with Crippen molar-refractivity contribution in [2.24, 2.45) is 5.41 Å².